The Labute approximate surface area is 90.7 Å². The first kappa shape index (κ1) is 12.2. The van der Waals surface area contributed by atoms with Crippen LogP contribution >= 0.6 is 11.6 Å². The van der Waals surface area contributed by atoms with Crippen molar-refractivity contribution in [3.63, 3.8) is 0 Å². The number of benzene rings is 1. The van der Waals surface area contributed by atoms with Gasteiger partial charge in [0, 0.05) is 0 Å². The summed E-state index contributed by atoms with van der Waals surface area (Å²) in [5, 5.41) is 0.0942. The monoisotopic (exact) mass is 237 g/mol. The van der Waals surface area contributed by atoms with Gasteiger partial charge in [0.05, 0.1) is 5.02 Å². The lowest BCUT2D eigenvalue weighted by Gasteiger charge is -2.11. The van der Waals surface area contributed by atoms with Crippen LogP contribution in [0.2, 0.25) is 5.02 Å². The fraction of sp³-hybridized carbons (Fsp3) is 0.333. The van der Waals surface area contributed by atoms with E-state index in [1.54, 1.807) is 13.0 Å². The van der Waals surface area contributed by atoms with E-state index in [1.165, 1.54) is 12.1 Å². The molecule has 0 spiro atoms. The second kappa shape index (κ2) is 5.25. The van der Waals surface area contributed by atoms with Crippen molar-refractivity contribution in [1.82, 2.24) is 0 Å². The second-order valence-electron chi connectivity index (χ2n) is 2.85. The van der Waals surface area contributed by atoms with Gasteiger partial charge in [0.15, 0.2) is 0 Å². The van der Waals surface area contributed by atoms with Gasteiger partial charge in [0.25, 0.3) is 0 Å². The molecule has 0 fully saturated rings. The Morgan fingerprint density at radius 1 is 1.40 bits per heavy atom. The third kappa shape index (κ3) is 3.30. The van der Waals surface area contributed by atoms with Crippen LogP contribution in [0.5, 0.6) is 5.75 Å². The Kier molecular flexibility index (Phi) is 4.26. The van der Waals surface area contributed by atoms with Crippen LogP contribution in [0.4, 0.5) is 8.78 Å². The Bertz CT molecular complexity index is 336. The summed E-state index contributed by atoms with van der Waals surface area (Å²) in [6.45, 7) is -1.18. The van der Waals surface area contributed by atoms with Gasteiger partial charge in [-0.15, -0.1) is 0 Å². The quantitative estimate of drug-likeness (QED) is 0.819. The molecule has 15 heavy (non-hydrogen) atoms. The largest absolute Gasteiger partial charge is 0.433 e. The molecule has 84 valence electrons. The molecule has 0 heterocycles. The lowest BCUT2D eigenvalue weighted by molar-refractivity contribution is -0.0498. The highest BCUT2D eigenvalue weighted by Gasteiger charge is 2.11. The molecule has 0 aliphatic carbocycles. The van der Waals surface area contributed by atoms with E-state index < -0.39 is 6.61 Å². The van der Waals surface area contributed by atoms with Crippen molar-refractivity contribution in [2.45, 2.75) is 19.6 Å². The summed E-state index contributed by atoms with van der Waals surface area (Å²) in [5.41, 5.74) is 0.684. The maximum absolute atomic E-state index is 11.9. The number of hydrogen-bond acceptors (Lipinski definition) is 3. The summed E-state index contributed by atoms with van der Waals surface area (Å²) >= 11 is 5.72. The highest BCUT2D eigenvalue weighted by molar-refractivity contribution is 6.32. The molecule has 1 aromatic carbocycles. The van der Waals surface area contributed by atoms with Crippen LogP contribution in [0.3, 0.4) is 0 Å². The van der Waals surface area contributed by atoms with Crippen LogP contribution in [-0.2, 0) is 4.84 Å². The highest BCUT2D eigenvalue weighted by Crippen LogP contribution is 2.29. The average Bonchev–Trinajstić information content (AvgIpc) is 2.19. The molecule has 2 N–H and O–H groups in total. The van der Waals surface area contributed by atoms with Gasteiger partial charge >= 0.3 is 6.61 Å². The van der Waals surface area contributed by atoms with Crippen molar-refractivity contribution in [3.05, 3.63) is 28.8 Å². The average molecular weight is 238 g/mol. The van der Waals surface area contributed by atoms with Crippen LogP contribution in [0.25, 0.3) is 0 Å². The molecule has 0 saturated heterocycles. The second-order valence-corrected chi connectivity index (χ2v) is 3.25. The fourth-order valence-corrected chi connectivity index (χ4v) is 1.27. The molecule has 1 aromatic rings. The van der Waals surface area contributed by atoms with Gasteiger partial charge in [-0.25, -0.2) is 5.90 Å². The summed E-state index contributed by atoms with van der Waals surface area (Å²) < 4.78 is 28.0. The third-order valence-corrected chi connectivity index (χ3v) is 2.14. The SMILES string of the molecule is CC(ON)c1ccc(OC(F)F)c(Cl)c1. The zero-order valence-electron chi connectivity index (χ0n) is 7.91. The van der Waals surface area contributed by atoms with Crippen LogP contribution < -0.4 is 10.6 Å². The van der Waals surface area contributed by atoms with E-state index in [9.17, 15) is 8.78 Å². The molecular formula is C9H10ClF2NO2. The first-order valence-electron chi connectivity index (χ1n) is 4.14. The lowest BCUT2D eigenvalue weighted by Crippen LogP contribution is -2.06. The van der Waals surface area contributed by atoms with E-state index >= 15 is 0 Å². The predicted molar refractivity (Wildman–Crippen MR) is 51.8 cm³/mol. The van der Waals surface area contributed by atoms with Gasteiger partial charge in [0.2, 0.25) is 0 Å². The Morgan fingerprint density at radius 2 is 2.07 bits per heavy atom. The number of hydrogen-bond donors (Lipinski definition) is 1. The van der Waals surface area contributed by atoms with Crippen molar-refractivity contribution in [2.75, 3.05) is 0 Å². The number of halogens is 3. The van der Waals surface area contributed by atoms with Crippen LogP contribution in [0.15, 0.2) is 18.2 Å². The Balaban J connectivity index is 2.88. The summed E-state index contributed by atoms with van der Waals surface area (Å²) in [6, 6.07) is 4.37. The van der Waals surface area contributed by atoms with Crippen molar-refractivity contribution < 1.29 is 18.4 Å². The molecular weight excluding hydrogens is 228 g/mol. The molecule has 0 aliphatic heterocycles. The number of nitrogens with two attached hydrogens (primary N) is 1. The minimum atomic E-state index is -2.89. The Morgan fingerprint density at radius 3 is 2.53 bits per heavy atom. The maximum atomic E-state index is 11.9. The summed E-state index contributed by atoms with van der Waals surface area (Å²) in [7, 11) is 0. The van der Waals surface area contributed by atoms with Gasteiger partial charge in [-0.3, -0.25) is 4.84 Å². The van der Waals surface area contributed by atoms with Crippen molar-refractivity contribution in [3.8, 4) is 5.75 Å². The van der Waals surface area contributed by atoms with E-state index in [1.807, 2.05) is 0 Å². The van der Waals surface area contributed by atoms with Crippen molar-refractivity contribution >= 4 is 11.6 Å². The van der Waals surface area contributed by atoms with Gasteiger partial charge in [-0.1, -0.05) is 17.7 Å². The molecule has 0 aromatic heterocycles. The number of rotatable bonds is 4. The molecule has 0 radical (unpaired) electrons. The smallest absolute Gasteiger partial charge is 0.387 e. The van der Waals surface area contributed by atoms with E-state index in [0.29, 0.717) is 5.56 Å². The summed E-state index contributed by atoms with van der Waals surface area (Å²) in [5.74, 6) is 4.91. The van der Waals surface area contributed by atoms with Gasteiger partial charge in [-0.05, 0) is 24.6 Å². The van der Waals surface area contributed by atoms with Crippen LogP contribution in [0.1, 0.15) is 18.6 Å². The van der Waals surface area contributed by atoms with Crippen molar-refractivity contribution in [2.24, 2.45) is 5.90 Å². The van der Waals surface area contributed by atoms with Gasteiger partial charge < -0.3 is 4.74 Å². The van der Waals surface area contributed by atoms with Crippen LogP contribution in [0, 0.1) is 0 Å². The zero-order valence-corrected chi connectivity index (χ0v) is 8.67. The van der Waals surface area contributed by atoms with Crippen LogP contribution in [-0.4, -0.2) is 6.61 Å². The van der Waals surface area contributed by atoms with Gasteiger partial charge in [0.1, 0.15) is 11.9 Å². The fourth-order valence-electron chi connectivity index (χ4n) is 1.04. The molecule has 0 amide bonds. The van der Waals surface area contributed by atoms with E-state index in [2.05, 4.69) is 9.57 Å². The molecule has 0 aliphatic rings. The predicted octanol–water partition coefficient (Wildman–Crippen LogP) is 2.89. The lowest BCUT2D eigenvalue weighted by atomic mass is 10.1. The molecule has 0 bridgehead atoms. The Hall–Kier alpha value is -0.910. The van der Waals surface area contributed by atoms with Gasteiger partial charge in [-0.2, -0.15) is 8.78 Å². The molecule has 1 atom stereocenters. The first-order valence-corrected chi connectivity index (χ1v) is 4.52. The standard InChI is InChI=1S/C9H10ClF2NO2/c1-5(15-13)6-2-3-8(7(10)4-6)14-9(11)12/h2-5,9H,13H2,1H3. The first-order chi connectivity index (χ1) is 7.04. The van der Waals surface area contributed by atoms with E-state index in [0.717, 1.165) is 0 Å². The molecule has 6 heteroatoms. The molecule has 1 unspecified atom stereocenters. The normalized spacial score (nSPS) is 12.9. The summed E-state index contributed by atoms with van der Waals surface area (Å²) in [4.78, 5) is 4.56. The molecule has 3 nitrogen and oxygen atoms in total. The molecule has 0 saturated carbocycles. The number of alkyl halides is 2. The topological polar surface area (TPSA) is 44.5 Å². The summed E-state index contributed by atoms with van der Waals surface area (Å²) in [6.07, 6.45) is -0.358. The van der Waals surface area contributed by atoms with E-state index in [-0.39, 0.29) is 16.9 Å². The minimum absolute atomic E-state index is 0.0698. The minimum Gasteiger partial charge on any atom is -0.433 e. The van der Waals surface area contributed by atoms with Crippen molar-refractivity contribution in [1.29, 1.82) is 0 Å². The molecule has 1 rings (SSSR count). The maximum Gasteiger partial charge on any atom is 0.387 e. The highest BCUT2D eigenvalue weighted by atomic mass is 35.5. The zero-order chi connectivity index (χ0) is 11.4. The third-order valence-electron chi connectivity index (χ3n) is 1.85. The van der Waals surface area contributed by atoms with E-state index in [4.69, 9.17) is 17.5 Å². The number of ether oxygens (including phenoxy) is 1.